The lowest BCUT2D eigenvalue weighted by atomic mass is 10.2. The number of hydrogen-bond acceptors (Lipinski definition) is 3. The van der Waals surface area contributed by atoms with E-state index in [1.54, 1.807) is 0 Å². The zero-order valence-corrected chi connectivity index (χ0v) is 5.40. The van der Waals surface area contributed by atoms with Crippen molar-refractivity contribution in [2.75, 3.05) is 0 Å². The average Bonchev–Trinajstić information content (AvgIpc) is 2.06. The molecule has 0 aromatic carbocycles. The van der Waals surface area contributed by atoms with E-state index in [4.69, 9.17) is 5.11 Å². The Labute approximate surface area is 63.5 Å². The quantitative estimate of drug-likeness (QED) is 0.426. The first-order valence-electron chi connectivity index (χ1n) is 2.70. The van der Waals surface area contributed by atoms with Gasteiger partial charge >= 0.3 is 17.9 Å². The van der Waals surface area contributed by atoms with Crippen LogP contribution in [0.2, 0.25) is 0 Å². The zero-order chi connectivity index (χ0) is 9.57. The SMILES string of the molecule is O=C1NC(=O)C(O)(C(F)(F)F)N1. The van der Waals surface area contributed by atoms with E-state index in [0.29, 0.717) is 0 Å². The van der Waals surface area contributed by atoms with Gasteiger partial charge in [-0.3, -0.25) is 15.4 Å². The number of urea groups is 1. The van der Waals surface area contributed by atoms with Crippen LogP contribution >= 0.6 is 0 Å². The maximum atomic E-state index is 11.8. The van der Waals surface area contributed by atoms with E-state index in [1.807, 2.05) is 0 Å². The molecule has 0 saturated carbocycles. The molecule has 1 fully saturated rings. The van der Waals surface area contributed by atoms with Crippen LogP contribution in [0.15, 0.2) is 0 Å². The maximum Gasteiger partial charge on any atom is 0.446 e. The Morgan fingerprint density at radius 1 is 1.33 bits per heavy atom. The lowest BCUT2D eigenvalue weighted by Crippen LogP contribution is -2.58. The van der Waals surface area contributed by atoms with Crippen molar-refractivity contribution in [2.24, 2.45) is 0 Å². The summed E-state index contributed by atoms with van der Waals surface area (Å²) in [6.45, 7) is 0. The smallest absolute Gasteiger partial charge is 0.356 e. The fourth-order valence-corrected chi connectivity index (χ4v) is 0.645. The standard InChI is InChI=1S/C4H3F3N2O3/c5-4(6,7)3(12)1(10)8-2(11)9-3/h12H,(H2,8,9,10,11). The van der Waals surface area contributed by atoms with Crippen LogP contribution in [-0.2, 0) is 4.79 Å². The summed E-state index contributed by atoms with van der Waals surface area (Å²) in [7, 11) is 0. The molecule has 0 bridgehead atoms. The van der Waals surface area contributed by atoms with E-state index >= 15 is 0 Å². The predicted octanol–water partition coefficient (Wildman–Crippen LogP) is -0.923. The topological polar surface area (TPSA) is 78.4 Å². The van der Waals surface area contributed by atoms with Gasteiger partial charge in [0.1, 0.15) is 0 Å². The van der Waals surface area contributed by atoms with Crippen LogP contribution in [0.5, 0.6) is 0 Å². The molecule has 0 aromatic rings. The molecule has 1 aliphatic heterocycles. The van der Waals surface area contributed by atoms with Crippen LogP contribution in [0, 0.1) is 0 Å². The Bertz CT molecular complexity index is 250. The summed E-state index contributed by atoms with van der Waals surface area (Å²) >= 11 is 0. The molecule has 0 aromatic heterocycles. The molecule has 68 valence electrons. The van der Waals surface area contributed by atoms with Gasteiger partial charge in [0.25, 0.3) is 5.91 Å². The Hall–Kier alpha value is -1.31. The normalized spacial score (nSPS) is 30.0. The third-order valence-electron chi connectivity index (χ3n) is 1.26. The number of halogens is 3. The van der Waals surface area contributed by atoms with Crippen molar-refractivity contribution in [3.8, 4) is 0 Å². The third-order valence-corrected chi connectivity index (χ3v) is 1.26. The number of imide groups is 1. The molecule has 1 heterocycles. The highest BCUT2D eigenvalue weighted by Gasteiger charge is 2.64. The lowest BCUT2D eigenvalue weighted by Gasteiger charge is -2.21. The predicted molar refractivity (Wildman–Crippen MR) is 27.7 cm³/mol. The van der Waals surface area contributed by atoms with Crippen LogP contribution in [-0.4, -0.2) is 28.9 Å². The first-order chi connectivity index (χ1) is 5.27. The Balaban J connectivity index is 3.00. The van der Waals surface area contributed by atoms with Gasteiger partial charge in [0, 0.05) is 0 Å². The van der Waals surface area contributed by atoms with Gasteiger partial charge in [0.05, 0.1) is 0 Å². The van der Waals surface area contributed by atoms with Crippen LogP contribution in [0.4, 0.5) is 18.0 Å². The summed E-state index contributed by atoms with van der Waals surface area (Å²) in [5.41, 5.74) is -3.79. The average molecular weight is 184 g/mol. The second-order valence-corrected chi connectivity index (χ2v) is 2.12. The van der Waals surface area contributed by atoms with Gasteiger partial charge in [-0.05, 0) is 0 Å². The molecule has 1 unspecified atom stereocenters. The summed E-state index contributed by atoms with van der Waals surface area (Å²) in [5, 5.41) is 10.9. The molecular weight excluding hydrogens is 181 g/mol. The molecule has 1 atom stereocenters. The number of rotatable bonds is 0. The number of carbonyl (C=O) groups is 2. The Morgan fingerprint density at radius 3 is 2.00 bits per heavy atom. The number of hydrogen-bond donors (Lipinski definition) is 3. The first-order valence-corrected chi connectivity index (χ1v) is 2.70. The molecular formula is C4H3F3N2O3. The van der Waals surface area contributed by atoms with Gasteiger partial charge in [-0.15, -0.1) is 0 Å². The molecule has 5 nitrogen and oxygen atoms in total. The molecule has 0 spiro atoms. The van der Waals surface area contributed by atoms with Crippen LogP contribution < -0.4 is 10.6 Å². The van der Waals surface area contributed by atoms with Gasteiger partial charge in [-0.25, -0.2) is 4.79 Å². The fraction of sp³-hybridized carbons (Fsp3) is 0.500. The maximum absolute atomic E-state index is 11.8. The number of aliphatic hydroxyl groups is 1. The van der Waals surface area contributed by atoms with Crippen molar-refractivity contribution in [3.63, 3.8) is 0 Å². The van der Waals surface area contributed by atoms with E-state index in [9.17, 15) is 22.8 Å². The van der Waals surface area contributed by atoms with E-state index in [-0.39, 0.29) is 0 Å². The second-order valence-electron chi connectivity index (χ2n) is 2.12. The fourth-order valence-electron chi connectivity index (χ4n) is 0.645. The van der Waals surface area contributed by atoms with Crippen molar-refractivity contribution in [1.82, 2.24) is 10.6 Å². The van der Waals surface area contributed by atoms with Gasteiger partial charge in [-0.2, -0.15) is 13.2 Å². The van der Waals surface area contributed by atoms with Crippen LogP contribution in [0.25, 0.3) is 0 Å². The van der Waals surface area contributed by atoms with E-state index in [1.165, 1.54) is 5.32 Å². The van der Waals surface area contributed by atoms with E-state index in [0.717, 1.165) is 5.32 Å². The number of carbonyl (C=O) groups excluding carboxylic acids is 2. The number of nitrogens with one attached hydrogen (secondary N) is 2. The minimum Gasteiger partial charge on any atom is -0.356 e. The summed E-state index contributed by atoms with van der Waals surface area (Å²) in [5.74, 6) is -1.82. The van der Waals surface area contributed by atoms with Crippen molar-refractivity contribution >= 4 is 11.9 Å². The lowest BCUT2D eigenvalue weighted by molar-refractivity contribution is -0.253. The molecule has 12 heavy (non-hydrogen) atoms. The van der Waals surface area contributed by atoms with Crippen LogP contribution in [0.1, 0.15) is 0 Å². The molecule has 3 N–H and O–H groups in total. The zero-order valence-electron chi connectivity index (χ0n) is 5.40. The van der Waals surface area contributed by atoms with Gasteiger partial charge in [0.15, 0.2) is 0 Å². The number of amides is 3. The molecule has 1 saturated heterocycles. The number of alkyl halides is 3. The molecule has 0 aliphatic carbocycles. The summed E-state index contributed by atoms with van der Waals surface area (Å²) < 4.78 is 35.5. The van der Waals surface area contributed by atoms with E-state index in [2.05, 4.69) is 0 Å². The first kappa shape index (κ1) is 8.78. The molecule has 8 heteroatoms. The summed E-state index contributed by atoms with van der Waals surface area (Å²) in [4.78, 5) is 20.6. The van der Waals surface area contributed by atoms with Gasteiger partial charge in [-0.1, -0.05) is 0 Å². The summed E-state index contributed by atoms with van der Waals surface area (Å²) in [6.07, 6.45) is -5.22. The monoisotopic (exact) mass is 184 g/mol. The van der Waals surface area contributed by atoms with Gasteiger partial charge in [0.2, 0.25) is 0 Å². The molecule has 0 radical (unpaired) electrons. The highest BCUT2D eigenvalue weighted by molar-refractivity contribution is 6.06. The Morgan fingerprint density at radius 2 is 1.83 bits per heavy atom. The minimum atomic E-state index is -5.22. The summed E-state index contributed by atoms with van der Waals surface area (Å²) in [6, 6.07) is -1.38. The Kier molecular flexibility index (Phi) is 1.53. The van der Waals surface area contributed by atoms with Crippen molar-refractivity contribution < 1.29 is 27.9 Å². The highest BCUT2D eigenvalue weighted by Crippen LogP contribution is 2.30. The molecule has 1 aliphatic rings. The van der Waals surface area contributed by atoms with E-state index < -0.39 is 23.8 Å². The van der Waals surface area contributed by atoms with Crippen LogP contribution in [0.3, 0.4) is 0 Å². The molecule has 1 rings (SSSR count). The van der Waals surface area contributed by atoms with Crippen molar-refractivity contribution in [2.45, 2.75) is 11.9 Å². The van der Waals surface area contributed by atoms with Gasteiger partial charge < -0.3 is 5.11 Å². The third kappa shape index (κ3) is 0.998. The largest absolute Gasteiger partial charge is 0.446 e. The highest BCUT2D eigenvalue weighted by atomic mass is 19.4. The minimum absolute atomic E-state index is 1.05. The molecule has 3 amide bonds. The second kappa shape index (κ2) is 2.09. The van der Waals surface area contributed by atoms with Crippen molar-refractivity contribution in [3.05, 3.63) is 0 Å². The van der Waals surface area contributed by atoms with Crippen molar-refractivity contribution in [1.29, 1.82) is 0 Å².